The molecule has 0 unspecified atom stereocenters. The maximum atomic E-state index is 11.8. The first-order chi connectivity index (χ1) is 7.00. The number of aromatic hydroxyl groups is 1. The number of phenolic OH excluding ortho intramolecular Hbond substituents is 1. The number of hydrogen-bond donors (Lipinski definition) is 2. The first-order valence-electron chi connectivity index (χ1n) is 5.12. The molecule has 0 atom stereocenters. The molecule has 0 heterocycles. The monoisotopic (exact) mass is 205 g/mol. The molecule has 0 aromatic heterocycles. The number of carbonyl (C=O) groups is 1. The van der Waals surface area contributed by atoms with Crippen LogP contribution in [0.1, 0.15) is 35.7 Å². The number of nitrogens with one attached hydrogen (secondary N) is 1. The van der Waals surface area contributed by atoms with E-state index in [1.165, 1.54) is 0 Å². The Morgan fingerprint density at radius 1 is 1.47 bits per heavy atom. The van der Waals surface area contributed by atoms with Crippen molar-refractivity contribution in [2.75, 3.05) is 0 Å². The van der Waals surface area contributed by atoms with Gasteiger partial charge < -0.3 is 10.4 Å². The Hall–Kier alpha value is -1.51. The summed E-state index contributed by atoms with van der Waals surface area (Å²) in [5.41, 5.74) is 1.34. The SMILES string of the molecule is Cc1cc(C(=O)NC2(C)CC2)ccc1O. The fraction of sp³-hybridized carbons (Fsp3) is 0.417. The third kappa shape index (κ3) is 2.12. The highest BCUT2D eigenvalue weighted by molar-refractivity contribution is 5.95. The van der Waals surface area contributed by atoms with Gasteiger partial charge in [-0.15, -0.1) is 0 Å². The molecule has 1 aromatic carbocycles. The molecule has 1 amide bonds. The Labute approximate surface area is 89.1 Å². The highest BCUT2D eigenvalue weighted by atomic mass is 16.3. The van der Waals surface area contributed by atoms with Crippen LogP contribution in [-0.2, 0) is 0 Å². The van der Waals surface area contributed by atoms with E-state index in [1.54, 1.807) is 25.1 Å². The van der Waals surface area contributed by atoms with E-state index >= 15 is 0 Å². The second-order valence-corrected chi connectivity index (χ2v) is 4.52. The molecule has 3 heteroatoms. The molecule has 15 heavy (non-hydrogen) atoms. The van der Waals surface area contributed by atoms with E-state index in [1.807, 2.05) is 6.92 Å². The van der Waals surface area contributed by atoms with Gasteiger partial charge in [0, 0.05) is 11.1 Å². The first-order valence-corrected chi connectivity index (χ1v) is 5.12. The van der Waals surface area contributed by atoms with Crippen molar-refractivity contribution < 1.29 is 9.90 Å². The molecule has 2 N–H and O–H groups in total. The molecule has 3 nitrogen and oxygen atoms in total. The van der Waals surface area contributed by atoms with E-state index in [0.29, 0.717) is 5.56 Å². The number of aryl methyl sites for hydroxylation is 1. The molecule has 0 aliphatic heterocycles. The summed E-state index contributed by atoms with van der Waals surface area (Å²) in [7, 11) is 0. The maximum absolute atomic E-state index is 11.8. The lowest BCUT2D eigenvalue weighted by atomic mass is 10.1. The van der Waals surface area contributed by atoms with Crippen LogP contribution >= 0.6 is 0 Å². The molecule has 1 aliphatic carbocycles. The zero-order valence-corrected chi connectivity index (χ0v) is 9.00. The van der Waals surface area contributed by atoms with E-state index in [-0.39, 0.29) is 17.2 Å². The molecule has 80 valence electrons. The van der Waals surface area contributed by atoms with Crippen LogP contribution < -0.4 is 5.32 Å². The highest BCUT2D eigenvalue weighted by Crippen LogP contribution is 2.34. The summed E-state index contributed by atoms with van der Waals surface area (Å²) in [6.45, 7) is 3.82. The van der Waals surface area contributed by atoms with Crippen LogP contribution in [0.15, 0.2) is 18.2 Å². The van der Waals surface area contributed by atoms with Gasteiger partial charge in [-0.05, 0) is 50.5 Å². The van der Waals surface area contributed by atoms with Gasteiger partial charge in [-0.1, -0.05) is 0 Å². The van der Waals surface area contributed by atoms with Gasteiger partial charge in [0.05, 0.1) is 0 Å². The number of phenols is 1. The minimum Gasteiger partial charge on any atom is -0.508 e. The summed E-state index contributed by atoms with van der Waals surface area (Å²) in [6, 6.07) is 4.90. The predicted octanol–water partition coefficient (Wildman–Crippen LogP) is 1.98. The summed E-state index contributed by atoms with van der Waals surface area (Å²) in [6.07, 6.45) is 2.10. The standard InChI is InChI=1S/C12H15NO2/c1-8-7-9(3-4-10(8)14)11(15)13-12(2)5-6-12/h3-4,7,14H,5-6H2,1-2H3,(H,13,15). The molecule has 1 saturated carbocycles. The van der Waals surface area contributed by atoms with E-state index in [0.717, 1.165) is 18.4 Å². The molecule has 1 fully saturated rings. The fourth-order valence-corrected chi connectivity index (χ4v) is 1.46. The minimum absolute atomic E-state index is 0.00285. The zero-order valence-electron chi connectivity index (χ0n) is 9.00. The van der Waals surface area contributed by atoms with Gasteiger partial charge in [-0.2, -0.15) is 0 Å². The van der Waals surface area contributed by atoms with Crippen molar-refractivity contribution in [2.45, 2.75) is 32.2 Å². The third-order valence-electron chi connectivity index (χ3n) is 2.87. The lowest BCUT2D eigenvalue weighted by Gasteiger charge is -2.11. The van der Waals surface area contributed by atoms with Crippen molar-refractivity contribution in [3.63, 3.8) is 0 Å². The summed E-state index contributed by atoms with van der Waals surface area (Å²) < 4.78 is 0. The van der Waals surface area contributed by atoms with Gasteiger partial charge in [0.2, 0.25) is 0 Å². The van der Waals surface area contributed by atoms with Gasteiger partial charge in [0.25, 0.3) is 5.91 Å². The largest absolute Gasteiger partial charge is 0.508 e. The van der Waals surface area contributed by atoms with Gasteiger partial charge in [-0.25, -0.2) is 0 Å². The molecule has 2 rings (SSSR count). The van der Waals surface area contributed by atoms with Crippen LogP contribution in [0.25, 0.3) is 0 Å². The average Bonchev–Trinajstić information content (AvgIpc) is 2.88. The van der Waals surface area contributed by atoms with Crippen LogP contribution in [0.4, 0.5) is 0 Å². The summed E-state index contributed by atoms with van der Waals surface area (Å²) in [5.74, 6) is 0.169. The number of amides is 1. The van der Waals surface area contributed by atoms with Crippen molar-refractivity contribution in [2.24, 2.45) is 0 Å². The van der Waals surface area contributed by atoms with Gasteiger partial charge >= 0.3 is 0 Å². The van der Waals surface area contributed by atoms with Gasteiger partial charge in [0.1, 0.15) is 5.75 Å². The maximum Gasteiger partial charge on any atom is 0.251 e. The lowest BCUT2D eigenvalue weighted by Crippen LogP contribution is -2.34. The molecule has 0 bridgehead atoms. The fourth-order valence-electron chi connectivity index (χ4n) is 1.46. The quantitative estimate of drug-likeness (QED) is 0.775. The second-order valence-electron chi connectivity index (χ2n) is 4.52. The number of benzene rings is 1. The van der Waals surface area contributed by atoms with Gasteiger partial charge in [0.15, 0.2) is 0 Å². The molecule has 0 spiro atoms. The van der Waals surface area contributed by atoms with Gasteiger partial charge in [-0.3, -0.25) is 4.79 Å². The van der Waals surface area contributed by atoms with Crippen molar-refractivity contribution in [1.29, 1.82) is 0 Å². The van der Waals surface area contributed by atoms with Crippen molar-refractivity contribution in [3.05, 3.63) is 29.3 Å². The normalized spacial score (nSPS) is 17.2. The van der Waals surface area contributed by atoms with Crippen molar-refractivity contribution in [1.82, 2.24) is 5.32 Å². The topological polar surface area (TPSA) is 49.3 Å². The highest BCUT2D eigenvalue weighted by Gasteiger charge is 2.38. The number of rotatable bonds is 2. The molecule has 0 radical (unpaired) electrons. The third-order valence-corrected chi connectivity index (χ3v) is 2.87. The minimum atomic E-state index is -0.0573. The zero-order chi connectivity index (χ0) is 11.1. The Morgan fingerprint density at radius 2 is 2.13 bits per heavy atom. The second kappa shape index (κ2) is 3.26. The number of carbonyl (C=O) groups excluding carboxylic acids is 1. The van der Waals surface area contributed by atoms with Crippen LogP contribution in [0.3, 0.4) is 0 Å². The lowest BCUT2D eigenvalue weighted by molar-refractivity contribution is 0.0935. The van der Waals surface area contributed by atoms with E-state index in [4.69, 9.17) is 0 Å². The van der Waals surface area contributed by atoms with Crippen LogP contribution in [0.5, 0.6) is 5.75 Å². The molecular weight excluding hydrogens is 190 g/mol. The Kier molecular flexibility index (Phi) is 2.18. The van der Waals surface area contributed by atoms with Crippen LogP contribution in [0.2, 0.25) is 0 Å². The molecule has 1 aliphatic rings. The summed E-state index contributed by atoms with van der Waals surface area (Å²) >= 11 is 0. The van der Waals surface area contributed by atoms with Crippen LogP contribution in [-0.4, -0.2) is 16.6 Å². The number of hydrogen-bond acceptors (Lipinski definition) is 2. The van der Waals surface area contributed by atoms with E-state index in [9.17, 15) is 9.90 Å². The van der Waals surface area contributed by atoms with Crippen molar-refractivity contribution >= 4 is 5.91 Å². The molecule has 1 aromatic rings. The Bertz CT molecular complexity index is 408. The van der Waals surface area contributed by atoms with Crippen LogP contribution in [0, 0.1) is 6.92 Å². The average molecular weight is 205 g/mol. The molecular formula is C12H15NO2. The smallest absolute Gasteiger partial charge is 0.251 e. The molecule has 0 saturated heterocycles. The predicted molar refractivity (Wildman–Crippen MR) is 57.9 cm³/mol. The Morgan fingerprint density at radius 3 is 2.67 bits per heavy atom. The first kappa shape index (κ1) is 10.0. The summed E-state index contributed by atoms with van der Waals surface area (Å²) in [5, 5.41) is 12.3. The van der Waals surface area contributed by atoms with Crippen molar-refractivity contribution in [3.8, 4) is 5.75 Å². The summed E-state index contributed by atoms with van der Waals surface area (Å²) in [4.78, 5) is 11.8. The van der Waals surface area contributed by atoms with E-state index < -0.39 is 0 Å². The Balaban J connectivity index is 2.15. The van der Waals surface area contributed by atoms with E-state index in [2.05, 4.69) is 5.32 Å².